The third-order valence-corrected chi connectivity index (χ3v) is 4.94. The highest BCUT2D eigenvalue weighted by Gasteiger charge is 2.30. The first-order valence-corrected chi connectivity index (χ1v) is 8.64. The van der Waals surface area contributed by atoms with Crippen molar-refractivity contribution in [2.75, 3.05) is 38.5 Å². The van der Waals surface area contributed by atoms with Gasteiger partial charge in [-0.25, -0.2) is 9.97 Å². The number of carbonyl (C=O) groups excluding carboxylic acids is 1. The number of anilines is 1. The fraction of sp³-hybridized carbons (Fsp3) is 0.706. The van der Waals surface area contributed by atoms with Crippen molar-refractivity contribution in [3.8, 4) is 0 Å². The van der Waals surface area contributed by atoms with Gasteiger partial charge >= 0.3 is 0 Å². The number of carbonyl (C=O) groups is 1. The molecule has 126 valence electrons. The van der Waals surface area contributed by atoms with Gasteiger partial charge in [-0.1, -0.05) is 0 Å². The van der Waals surface area contributed by atoms with Crippen LogP contribution in [0.5, 0.6) is 0 Å². The molecule has 2 aliphatic heterocycles. The maximum absolute atomic E-state index is 12.7. The lowest BCUT2D eigenvalue weighted by molar-refractivity contribution is -0.138. The Bertz CT molecular complexity index is 542. The molecule has 2 aliphatic rings. The molecule has 1 atom stereocenters. The van der Waals surface area contributed by atoms with Gasteiger partial charge in [0.15, 0.2) is 0 Å². The Labute approximate surface area is 138 Å². The number of rotatable bonds is 3. The predicted molar refractivity (Wildman–Crippen MR) is 90.2 cm³/mol. The van der Waals surface area contributed by atoms with Crippen LogP contribution in [-0.4, -0.2) is 64.9 Å². The van der Waals surface area contributed by atoms with E-state index in [0.29, 0.717) is 11.9 Å². The molecule has 3 heterocycles. The number of aryl methyl sites for hydroxylation is 1. The largest absolute Gasteiger partial charge is 0.367 e. The Kier molecular flexibility index (Phi) is 5.10. The number of aromatic nitrogens is 2. The highest BCUT2D eigenvalue weighted by molar-refractivity contribution is 5.79. The Morgan fingerprint density at radius 1 is 1.22 bits per heavy atom. The van der Waals surface area contributed by atoms with Crippen molar-refractivity contribution in [3.05, 3.63) is 18.1 Å². The number of nitrogens with zero attached hydrogens (tertiary/aromatic N) is 4. The summed E-state index contributed by atoms with van der Waals surface area (Å²) in [4.78, 5) is 25.4. The van der Waals surface area contributed by atoms with Crippen molar-refractivity contribution in [1.82, 2.24) is 19.8 Å². The molecule has 0 aromatic carbocycles. The summed E-state index contributed by atoms with van der Waals surface area (Å²) in [6.45, 7) is 5.70. The van der Waals surface area contributed by atoms with Crippen LogP contribution in [0.3, 0.4) is 0 Å². The minimum absolute atomic E-state index is 0.197. The smallest absolute Gasteiger partial charge is 0.226 e. The Balaban J connectivity index is 1.49. The minimum atomic E-state index is 0.197. The lowest BCUT2D eigenvalue weighted by Crippen LogP contribution is -2.48. The number of hydrogen-bond donors (Lipinski definition) is 1. The van der Waals surface area contributed by atoms with E-state index in [9.17, 15) is 4.79 Å². The molecule has 1 amide bonds. The molecule has 0 bridgehead atoms. The van der Waals surface area contributed by atoms with Gasteiger partial charge in [-0.05, 0) is 46.2 Å². The molecular formula is C17H27N5O. The monoisotopic (exact) mass is 317 g/mol. The number of hydrogen-bond acceptors (Lipinski definition) is 5. The van der Waals surface area contributed by atoms with Crippen LogP contribution in [0.4, 0.5) is 5.82 Å². The van der Waals surface area contributed by atoms with Crippen molar-refractivity contribution in [2.24, 2.45) is 5.92 Å². The summed E-state index contributed by atoms with van der Waals surface area (Å²) in [6, 6.07) is 2.36. The van der Waals surface area contributed by atoms with E-state index in [1.807, 2.05) is 13.0 Å². The molecule has 1 aromatic heterocycles. The Morgan fingerprint density at radius 2 is 2.00 bits per heavy atom. The highest BCUT2D eigenvalue weighted by Crippen LogP contribution is 2.21. The topological polar surface area (TPSA) is 61.4 Å². The molecule has 2 fully saturated rings. The molecule has 6 nitrogen and oxygen atoms in total. The second-order valence-corrected chi connectivity index (χ2v) is 6.89. The summed E-state index contributed by atoms with van der Waals surface area (Å²) in [5, 5.41) is 3.47. The van der Waals surface area contributed by atoms with Gasteiger partial charge in [-0.3, -0.25) is 4.79 Å². The fourth-order valence-electron chi connectivity index (χ4n) is 3.61. The van der Waals surface area contributed by atoms with E-state index in [1.54, 1.807) is 6.33 Å². The molecule has 2 saturated heterocycles. The summed E-state index contributed by atoms with van der Waals surface area (Å²) in [5.41, 5.74) is 0.969. The number of amides is 1. The molecule has 3 rings (SSSR count). The molecule has 1 aromatic rings. The molecule has 1 N–H and O–H groups in total. The lowest BCUT2D eigenvalue weighted by atomic mass is 9.95. The third-order valence-electron chi connectivity index (χ3n) is 4.94. The lowest BCUT2D eigenvalue weighted by Gasteiger charge is -2.37. The Hall–Kier alpha value is -1.69. The van der Waals surface area contributed by atoms with Crippen molar-refractivity contribution in [1.29, 1.82) is 0 Å². The SMILES string of the molecule is Cc1cc(NC2CCN(C(=O)C3CCCN(C)C3)CC2)ncn1. The molecule has 23 heavy (non-hydrogen) atoms. The maximum atomic E-state index is 12.7. The van der Waals surface area contributed by atoms with Crippen LogP contribution in [0.1, 0.15) is 31.4 Å². The molecule has 1 unspecified atom stereocenters. The van der Waals surface area contributed by atoms with E-state index >= 15 is 0 Å². The van der Waals surface area contributed by atoms with Gasteiger partial charge in [0, 0.05) is 37.4 Å². The zero-order valence-corrected chi connectivity index (χ0v) is 14.2. The van der Waals surface area contributed by atoms with Crippen molar-refractivity contribution in [2.45, 2.75) is 38.6 Å². The maximum Gasteiger partial charge on any atom is 0.226 e. The summed E-state index contributed by atoms with van der Waals surface area (Å²) in [7, 11) is 2.11. The van der Waals surface area contributed by atoms with E-state index in [2.05, 4.69) is 32.1 Å². The summed E-state index contributed by atoms with van der Waals surface area (Å²) in [6.07, 6.45) is 5.74. The zero-order chi connectivity index (χ0) is 16.2. The van der Waals surface area contributed by atoms with E-state index in [0.717, 1.165) is 63.4 Å². The van der Waals surface area contributed by atoms with Crippen LogP contribution in [0.25, 0.3) is 0 Å². The quantitative estimate of drug-likeness (QED) is 0.916. The molecular weight excluding hydrogens is 290 g/mol. The van der Waals surface area contributed by atoms with E-state index in [-0.39, 0.29) is 5.92 Å². The van der Waals surface area contributed by atoms with Crippen LogP contribution < -0.4 is 5.32 Å². The summed E-state index contributed by atoms with van der Waals surface area (Å²) in [5.74, 6) is 1.44. The number of likely N-dealkylation sites (tertiary alicyclic amines) is 2. The zero-order valence-electron chi connectivity index (χ0n) is 14.2. The molecule has 0 saturated carbocycles. The third kappa shape index (κ3) is 4.19. The van der Waals surface area contributed by atoms with Gasteiger partial charge in [-0.2, -0.15) is 0 Å². The van der Waals surface area contributed by atoms with Crippen LogP contribution in [0, 0.1) is 12.8 Å². The normalized spacial score (nSPS) is 23.7. The summed E-state index contributed by atoms with van der Waals surface area (Å²) < 4.78 is 0. The fourth-order valence-corrected chi connectivity index (χ4v) is 3.61. The second-order valence-electron chi connectivity index (χ2n) is 6.89. The molecule has 6 heteroatoms. The highest BCUT2D eigenvalue weighted by atomic mass is 16.2. The summed E-state index contributed by atoms with van der Waals surface area (Å²) >= 11 is 0. The first-order valence-electron chi connectivity index (χ1n) is 8.64. The predicted octanol–water partition coefficient (Wildman–Crippen LogP) is 1.53. The average Bonchev–Trinajstić information content (AvgIpc) is 2.55. The molecule has 0 aliphatic carbocycles. The van der Waals surface area contributed by atoms with E-state index in [1.165, 1.54) is 0 Å². The second kappa shape index (κ2) is 7.25. The number of nitrogens with one attached hydrogen (secondary N) is 1. The van der Waals surface area contributed by atoms with Crippen LogP contribution in [0.2, 0.25) is 0 Å². The van der Waals surface area contributed by atoms with Gasteiger partial charge < -0.3 is 15.1 Å². The number of piperidine rings is 2. The molecule has 0 spiro atoms. The van der Waals surface area contributed by atoms with Crippen LogP contribution in [0.15, 0.2) is 12.4 Å². The van der Waals surface area contributed by atoms with E-state index < -0.39 is 0 Å². The van der Waals surface area contributed by atoms with Gasteiger partial charge in [-0.15, -0.1) is 0 Å². The Morgan fingerprint density at radius 3 is 2.70 bits per heavy atom. The standard InChI is InChI=1S/C17H27N5O/c1-13-10-16(19-12-18-13)20-15-5-8-22(9-6-15)17(23)14-4-3-7-21(2)11-14/h10,12,14-15H,3-9,11H2,1-2H3,(H,18,19,20). The molecule has 0 radical (unpaired) electrons. The van der Waals surface area contributed by atoms with E-state index in [4.69, 9.17) is 0 Å². The first-order chi connectivity index (χ1) is 11.1. The van der Waals surface area contributed by atoms with Gasteiger partial charge in [0.2, 0.25) is 5.91 Å². The van der Waals surface area contributed by atoms with Gasteiger partial charge in [0.1, 0.15) is 12.1 Å². The van der Waals surface area contributed by atoms with Crippen molar-refractivity contribution < 1.29 is 4.79 Å². The van der Waals surface area contributed by atoms with Crippen molar-refractivity contribution in [3.63, 3.8) is 0 Å². The van der Waals surface area contributed by atoms with Crippen molar-refractivity contribution >= 4 is 11.7 Å². The average molecular weight is 317 g/mol. The first kappa shape index (κ1) is 16.2. The van der Waals surface area contributed by atoms with Crippen LogP contribution >= 0.6 is 0 Å². The van der Waals surface area contributed by atoms with Crippen LogP contribution in [-0.2, 0) is 4.79 Å². The van der Waals surface area contributed by atoms with Gasteiger partial charge in [0.25, 0.3) is 0 Å². The minimum Gasteiger partial charge on any atom is -0.367 e. The van der Waals surface area contributed by atoms with Gasteiger partial charge in [0.05, 0.1) is 5.92 Å².